The molecule has 0 saturated carbocycles. The number of ether oxygens (including phenoxy) is 3. The molecule has 0 aliphatic carbocycles. The van der Waals surface area contributed by atoms with Crippen molar-refractivity contribution < 1.29 is 23.8 Å². The van der Waals surface area contributed by atoms with Crippen LogP contribution < -0.4 is 5.32 Å². The molecule has 0 aromatic heterocycles. The maximum absolute atomic E-state index is 11.6. The first-order chi connectivity index (χ1) is 7.62. The standard InChI is InChI=1S/C10H15NO5/c1-3-10-4-5-11-8(12)6(15-10)7(16-10)9(13)14-2/h6-7H,3-5H2,1-2H3,(H,11,12)/t6-,7-,10+/m1/s1. The fourth-order valence-electron chi connectivity index (χ4n) is 2.03. The average Bonchev–Trinajstić information content (AvgIpc) is 2.59. The quantitative estimate of drug-likeness (QED) is 0.650. The van der Waals surface area contributed by atoms with Gasteiger partial charge in [0.15, 0.2) is 18.0 Å². The summed E-state index contributed by atoms with van der Waals surface area (Å²) in [5.74, 6) is -1.72. The molecule has 0 aromatic rings. The van der Waals surface area contributed by atoms with Crippen molar-refractivity contribution in [1.29, 1.82) is 0 Å². The summed E-state index contributed by atoms with van der Waals surface area (Å²) >= 11 is 0. The molecule has 0 unspecified atom stereocenters. The van der Waals surface area contributed by atoms with Crippen molar-refractivity contribution >= 4 is 11.9 Å². The van der Waals surface area contributed by atoms with E-state index >= 15 is 0 Å². The molecular formula is C10H15NO5. The van der Waals surface area contributed by atoms with E-state index in [9.17, 15) is 9.59 Å². The number of nitrogens with one attached hydrogen (secondary N) is 1. The van der Waals surface area contributed by atoms with Crippen molar-refractivity contribution in [1.82, 2.24) is 5.32 Å². The van der Waals surface area contributed by atoms with Crippen molar-refractivity contribution in [3.63, 3.8) is 0 Å². The zero-order valence-corrected chi connectivity index (χ0v) is 9.32. The number of hydrogen-bond donors (Lipinski definition) is 1. The van der Waals surface area contributed by atoms with Gasteiger partial charge in [-0.1, -0.05) is 6.92 Å². The predicted octanol–water partition coefficient (Wildman–Crippen LogP) is -0.430. The van der Waals surface area contributed by atoms with E-state index in [4.69, 9.17) is 9.47 Å². The van der Waals surface area contributed by atoms with E-state index in [1.807, 2.05) is 6.92 Å². The van der Waals surface area contributed by atoms with Gasteiger partial charge in [0, 0.05) is 13.0 Å². The van der Waals surface area contributed by atoms with Crippen LogP contribution in [0.15, 0.2) is 0 Å². The SMILES string of the molecule is CC[C@]12CCNC(=O)[C@H](O1)[C@H](C(=O)OC)O2. The molecule has 0 radical (unpaired) electrons. The van der Waals surface area contributed by atoms with E-state index < -0.39 is 24.0 Å². The van der Waals surface area contributed by atoms with Crippen LogP contribution in [0.3, 0.4) is 0 Å². The fourth-order valence-corrected chi connectivity index (χ4v) is 2.03. The summed E-state index contributed by atoms with van der Waals surface area (Å²) in [6, 6.07) is 0. The lowest BCUT2D eigenvalue weighted by atomic mass is 10.1. The van der Waals surface area contributed by atoms with Gasteiger partial charge in [0.2, 0.25) is 0 Å². The van der Waals surface area contributed by atoms with Gasteiger partial charge >= 0.3 is 5.97 Å². The van der Waals surface area contributed by atoms with Crippen LogP contribution in [-0.2, 0) is 23.8 Å². The topological polar surface area (TPSA) is 73.9 Å². The first-order valence-electron chi connectivity index (χ1n) is 5.33. The Hall–Kier alpha value is -1.14. The van der Waals surface area contributed by atoms with Crippen LogP contribution in [0.1, 0.15) is 19.8 Å². The third-order valence-electron chi connectivity index (χ3n) is 2.99. The van der Waals surface area contributed by atoms with Gasteiger partial charge in [0.05, 0.1) is 7.11 Å². The molecule has 1 amide bonds. The van der Waals surface area contributed by atoms with Crippen molar-refractivity contribution in [2.75, 3.05) is 13.7 Å². The maximum atomic E-state index is 11.6. The maximum Gasteiger partial charge on any atom is 0.338 e. The highest BCUT2D eigenvalue weighted by atomic mass is 16.8. The van der Waals surface area contributed by atoms with Crippen LogP contribution in [0.25, 0.3) is 0 Å². The smallest absolute Gasteiger partial charge is 0.338 e. The number of esters is 1. The molecular weight excluding hydrogens is 214 g/mol. The largest absolute Gasteiger partial charge is 0.467 e. The van der Waals surface area contributed by atoms with E-state index in [2.05, 4.69) is 10.1 Å². The molecule has 2 aliphatic rings. The number of hydrogen-bond acceptors (Lipinski definition) is 5. The van der Waals surface area contributed by atoms with Gasteiger partial charge in [-0.05, 0) is 6.42 Å². The van der Waals surface area contributed by atoms with Crippen molar-refractivity contribution in [2.45, 2.75) is 37.8 Å². The molecule has 3 atom stereocenters. The number of methoxy groups -OCH3 is 1. The Morgan fingerprint density at radius 3 is 3.00 bits per heavy atom. The molecule has 16 heavy (non-hydrogen) atoms. The lowest BCUT2D eigenvalue weighted by Crippen LogP contribution is -2.45. The monoisotopic (exact) mass is 229 g/mol. The van der Waals surface area contributed by atoms with Crippen LogP contribution >= 0.6 is 0 Å². The number of fused-ring (bicyclic) bond motifs is 2. The van der Waals surface area contributed by atoms with E-state index in [1.54, 1.807) is 0 Å². The minimum absolute atomic E-state index is 0.316. The van der Waals surface area contributed by atoms with Gasteiger partial charge < -0.3 is 19.5 Å². The summed E-state index contributed by atoms with van der Waals surface area (Å²) in [5, 5.41) is 2.69. The van der Waals surface area contributed by atoms with Gasteiger partial charge in [-0.15, -0.1) is 0 Å². The molecule has 1 N–H and O–H groups in total. The Labute approximate surface area is 93.2 Å². The molecule has 0 aromatic carbocycles. The van der Waals surface area contributed by atoms with E-state index in [0.717, 1.165) is 0 Å². The van der Waals surface area contributed by atoms with Crippen molar-refractivity contribution in [3.8, 4) is 0 Å². The Balaban J connectivity index is 2.25. The number of carbonyl (C=O) groups excluding carboxylic acids is 2. The molecule has 2 bridgehead atoms. The minimum Gasteiger partial charge on any atom is -0.467 e. The van der Waals surface area contributed by atoms with Gasteiger partial charge in [-0.3, -0.25) is 4.79 Å². The molecule has 2 saturated heterocycles. The Kier molecular flexibility index (Phi) is 2.86. The third kappa shape index (κ3) is 1.68. The second-order valence-electron chi connectivity index (χ2n) is 3.91. The molecule has 6 nitrogen and oxygen atoms in total. The van der Waals surface area contributed by atoms with E-state index in [0.29, 0.717) is 19.4 Å². The molecule has 2 fully saturated rings. The number of carbonyl (C=O) groups is 2. The van der Waals surface area contributed by atoms with Crippen LogP contribution in [0.5, 0.6) is 0 Å². The molecule has 2 aliphatic heterocycles. The second kappa shape index (κ2) is 4.03. The summed E-state index contributed by atoms with van der Waals surface area (Å²) in [4.78, 5) is 23.1. The van der Waals surface area contributed by atoms with Crippen LogP contribution in [-0.4, -0.2) is 43.5 Å². The van der Waals surface area contributed by atoms with E-state index in [-0.39, 0.29) is 5.91 Å². The Morgan fingerprint density at radius 1 is 1.62 bits per heavy atom. The first-order valence-corrected chi connectivity index (χ1v) is 5.33. The highest BCUT2D eigenvalue weighted by Crippen LogP contribution is 2.36. The van der Waals surface area contributed by atoms with Gasteiger partial charge in [-0.25, -0.2) is 4.79 Å². The van der Waals surface area contributed by atoms with Crippen molar-refractivity contribution in [2.24, 2.45) is 0 Å². The number of rotatable bonds is 2. The zero-order valence-electron chi connectivity index (χ0n) is 9.32. The Bertz CT molecular complexity index is 318. The summed E-state index contributed by atoms with van der Waals surface area (Å²) < 4.78 is 15.7. The molecule has 2 rings (SSSR count). The fraction of sp³-hybridized carbons (Fsp3) is 0.800. The highest BCUT2D eigenvalue weighted by molar-refractivity contribution is 5.89. The summed E-state index contributed by atoms with van der Waals surface area (Å²) in [6.07, 6.45) is -0.717. The minimum atomic E-state index is -0.953. The molecule has 90 valence electrons. The Morgan fingerprint density at radius 2 is 2.38 bits per heavy atom. The van der Waals surface area contributed by atoms with Crippen LogP contribution in [0.2, 0.25) is 0 Å². The normalized spacial score (nSPS) is 37.8. The summed E-state index contributed by atoms with van der Waals surface area (Å²) in [7, 11) is 1.26. The zero-order chi connectivity index (χ0) is 11.8. The molecule has 2 heterocycles. The summed E-state index contributed by atoms with van der Waals surface area (Å²) in [5.41, 5.74) is 0. The highest BCUT2D eigenvalue weighted by Gasteiger charge is 2.54. The third-order valence-corrected chi connectivity index (χ3v) is 2.99. The second-order valence-corrected chi connectivity index (χ2v) is 3.91. The molecule has 6 heteroatoms. The molecule has 0 spiro atoms. The first kappa shape index (κ1) is 11.3. The lowest BCUT2D eigenvalue weighted by molar-refractivity contribution is -0.186. The lowest BCUT2D eigenvalue weighted by Gasteiger charge is -2.25. The van der Waals surface area contributed by atoms with E-state index in [1.165, 1.54) is 7.11 Å². The average molecular weight is 229 g/mol. The number of amides is 1. The summed E-state index contributed by atoms with van der Waals surface area (Å²) in [6.45, 7) is 2.39. The van der Waals surface area contributed by atoms with Gasteiger partial charge in [0.1, 0.15) is 0 Å². The van der Waals surface area contributed by atoms with Crippen LogP contribution in [0.4, 0.5) is 0 Å². The van der Waals surface area contributed by atoms with Crippen molar-refractivity contribution in [3.05, 3.63) is 0 Å². The predicted molar refractivity (Wildman–Crippen MR) is 52.4 cm³/mol. The van der Waals surface area contributed by atoms with Gasteiger partial charge in [-0.2, -0.15) is 0 Å². The van der Waals surface area contributed by atoms with Crippen LogP contribution in [0, 0.1) is 0 Å². The van der Waals surface area contributed by atoms with Gasteiger partial charge in [0.25, 0.3) is 5.91 Å².